The standard InChI is InChI=1S/C18H24F6N2OS/c19-17(20,21)12-4-8-26(9-5-12)10-13-14(11-27)28-15(25-13)16(18(22,23)24)6-2-1-3-7-16/h12,27H,1-11H2. The van der Waals surface area contributed by atoms with Gasteiger partial charge in [-0.2, -0.15) is 26.3 Å². The van der Waals surface area contributed by atoms with Crippen LogP contribution in [0.1, 0.15) is 60.5 Å². The molecule has 0 unspecified atom stereocenters. The Kier molecular flexibility index (Phi) is 6.32. The fourth-order valence-corrected chi connectivity index (χ4v) is 5.44. The van der Waals surface area contributed by atoms with Gasteiger partial charge in [-0.25, -0.2) is 4.98 Å². The number of aliphatic hydroxyl groups excluding tert-OH is 1. The summed E-state index contributed by atoms with van der Waals surface area (Å²) in [5.74, 6) is -1.33. The first-order chi connectivity index (χ1) is 13.1. The highest BCUT2D eigenvalue weighted by Gasteiger charge is 2.57. The molecule has 0 atom stereocenters. The minimum atomic E-state index is -4.42. The lowest BCUT2D eigenvalue weighted by Gasteiger charge is -2.37. The molecule has 2 heterocycles. The van der Waals surface area contributed by atoms with E-state index in [2.05, 4.69) is 4.98 Å². The van der Waals surface area contributed by atoms with Gasteiger partial charge in [0.15, 0.2) is 0 Å². The molecule has 1 saturated carbocycles. The van der Waals surface area contributed by atoms with Crippen molar-refractivity contribution in [1.29, 1.82) is 0 Å². The van der Waals surface area contributed by atoms with Gasteiger partial charge in [0.05, 0.1) is 23.1 Å². The minimum absolute atomic E-state index is 0.00863. The fraction of sp³-hybridized carbons (Fsp3) is 0.833. The number of halogens is 6. The van der Waals surface area contributed by atoms with Crippen molar-refractivity contribution in [3.8, 4) is 0 Å². The molecule has 1 aliphatic carbocycles. The summed E-state index contributed by atoms with van der Waals surface area (Å²) in [6, 6.07) is 0. The van der Waals surface area contributed by atoms with Crippen LogP contribution in [-0.4, -0.2) is 40.4 Å². The average Bonchev–Trinajstić information content (AvgIpc) is 3.04. The molecule has 1 aromatic heterocycles. The fourth-order valence-electron chi connectivity index (χ4n) is 4.24. The second-order valence-corrected chi connectivity index (χ2v) is 8.86. The summed E-state index contributed by atoms with van der Waals surface area (Å²) in [5, 5.41) is 9.61. The van der Waals surface area contributed by atoms with Gasteiger partial charge in [0.1, 0.15) is 10.4 Å². The van der Waals surface area contributed by atoms with Crippen molar-refractivity contribution in [3.63, 3.8) is 0 Å². The number of nitrogens with zero attached hydrogens (tertiary/aromatic N) is 2. The normalized spacial score (nSPS) is 22.5. The Morgan fingerprint density at radius 1 is 1.04 bits per heavy atom. The lowest BCUT2D eigenvalue weighted by molar-refractivity contribution is -0.199. The molecule has 0 spiro atoms. The van der Waals surface area contributed by atoms with Crippen LogP contribution in [0.15, 0.2) is 0 Å². The molecule has 1 saturated heterocycles. The van der Waals surface area contributed by atoms with Crippen LogP contribution < -0.4 is 0 Å². The molecule has 0 bridgehead atoms. The quantitative estimate of drug-likeness (QED) is 0.670. The van der Waals surface area contributed by atoms with Crippen molar-refractivity contribution in [2.75, 3.05) is 13.1 Å². The van der Waals surface area contributed by atoms with E-state index in [1.807, 2.05) is 0 Å². The highest BCUT2D eigenvalue weighted by atomic mass is 32.1. The Hall–Kier alpha value is -0.870. The Morgan fingerprint density at radius 2 is 1.64 bits per heavy atom. The summed E-state index contributed by atoms with van der Waals surface area (Å²) in [7, 11) is 0. The molecular weight excluding hydrogens is 406 g/mol. The molecule has 0 radical (unpaired) electrons. The molecule has 28 heavy (non-hydrogen) atoms. The van der Waals surface area contributed by atoms with Crippen molar-refractivity contribution in [3.05, 3.63) is 15.6 Å². The molecule has 1 aromatic rings. The van der Waals surface area contributed by atoms with E-state index < -0.39 is 30.3 Å². The summed E-state index contributed by atoms with van der Waals surface area (Å²) < 4.78 is 80.2. The van der Waals surface area contributed by atoms with Gasteiger partial charge < -0.3 is 5.11 Å². The zero-order valence-corrected chi connectivity index (χ0v) is 16.2. The van der Waals surface area contributed by atoms with Crippen LogP contribution in [0, 0.1) is 5.92 Å². The summed E-state index contributed by atoms with van der Waals surface area (Å²) in [6.45, 7) is 0.184. The van der Waals surface area contributed by atoms with E-state index in [0.717, 1.165) is 17.8 Å². The van der Waals surface area contributed by atoms with Crippen molar-refractivity contribution in [2.45, 2.75) is 75.9 Å². The van der Waals surface area contributed by atoms with E-state index in [1.165, 1.54) is 0 Å². The molecule has 3 rings (SSSR count). The maximum absolute atomic E-state index is 13.9. The van der Waals surface area contributed by atoms with Gasteiger partial charge in [0.2, 0.25) is 0 Å². The van der Waals surface area contributed by atoms with Crippen LogP contribution >= 0.6 is 11.3 Å². The van der Waals surface area contributed by atoms with Gasteiger partial charge in [0.25, 0.3) is 0 Å². The van der Waals surface area contributed by atoms with Gasteiger partial charge >= 0.3 is 12.4 Å². The van der Waals surface area contributed by atoms with Gasteiger partial charge in [-0.3, -0.25) is 4.90 Å². The van der Waals surface area contributed by atoms with Gasteiger partial charge in [-0.05, 0) is 38.8 Å². The molecule has 10 heteroatoms. The van der Waals surface area contributed by atoms with E-state index >= 15 is 0 Å². The second-order valence-electron chi connectivity index (χ2n) is 7.78. The van der Waals surface area contributed by atoms with Crippen LogP contribution in [-0.2, 0) is 18.6 Å². The maximum atomic E-state index is 13.9. The largest absolute Gasteiger partial charge is 0.400 e. The lowest BCUT2D eigenvalue weighted by atomic mass is 9.74. The molecule has 2 fully saturated rings. The number of hydrogen-bond donors (Lipinski definition) is 1. The van der Waals surface area contributed by atoms with Gasteiger partial charge in [-0.15, -0.1) is 11.3 Å². The van der Waals surface area contributed by atoms with Gasteiger partial charge in [-0.1, -0.05) is 19.3 Å². The zero-order valence-electron chi connectivity index (χ0n) is 15.4. The van der Waals surface area contributed by atoms with E-state index in [-0.39, 0.29) is 50.3 Å². The van der Waals surface area contributed by atoms with E-state index in [1.54, 1.807) is 4.90 Å². The van der Waals surface area contributed by atoms with Crippen molar-refractivity contribution >= 4 is 11.3 Å². The first kappa shape index (κ1) is 21.8. The lowest BCUT2D eigenvalue weighted by Crippen LogP contribution is -2.44. The highest BCUT2D eigenvalue weighted by molar-refractivity contribution is 7.11. The Bertz CT molecular complexity index is 658. The van der Waals surface area contributed by atoms with Crippen molar-refractivity contribution in [2.24, 2.45) is 5.92 Å². The summed E-state index contributed by atoms with van der Waals surface area (Å²) in [6.07, 6.45) is -6.98. The van der Waals surface area contributed by atoms with Crippen LogP contribution in [0.4, 0.5) is 26.3 Å². The number of aromatic nitrogens is 1. The number of piperidine rings is 1. The van der Waals surface area contributed by atoms with Crippen LogP contribution in [0.5, 0.6) is 0 Å². The molecule has 1 aliphatic heterocycles. The third-order valence-electron chi connectivity index (χ3n) is 6.00. The molecular formula is C18H24F6N2OS. The van der Waals surface area contributed by atoms with Crippen LogP contribution in [0.3, 0.4) is 0 Å². The van der Waals surface area contributed by atoms with E-state index in [4.69, 9.17) is 0 Å². The van der Waals surface area contributed by atoms with E-state index in [9.17, 15) is 31.4 Å². The third kappa shape index (κ3) is 4.33. The summed E-state index contributed by atoms with van der Waals surface area (Å²) in [4.78, 5) is 6.44. The number of aliphatic hydroxyl groups is 1. The first-order valence-corrected chi connectivity index (χ1v) is 10.3. The molecule has 160 valence electrons. The monoisotopic (exact) mass is 430 g/mol. The number of alkyl halides is 6. The highest BCUT2D eigenvalue weighted by Crippen LogP contribution is 2.52. The summed E-state index contributed by atoms with van der Waals surface area (Å²) in [5.41, 5.74) is -1.61. The molecule has 0 amide bonds. The molecule has 1 N–H and O–H groups in total. The molecule has 0 aromatic carbocycles. The van der Waals surface area contributed by atoms with Crippen LogP contribution in [0.25, 0.3) is 0 Å². The Labute approximate surface area is 163 Å². The third-order valence-corrected chi connectivity index (χ3v) is 7.29. The summed E-state index contributed by atoms with van der Waals surface area (Å²) >= 11 is 0.897. The van der Waals surface area contributed by atoms with E-state index in [0.29, 0.717) is 23.4 Å². The Morgan fingerprint density at radius 3 is 2.14 bits per heavy atom. The first-order valence-electron chi connectivity index (χ1n) is 9.52. The number of thiazole rings is 1. The predicted molar refractivity (Wildman–Crippen MR) is 92.9 cm³/mol. The number of likely N-dealkylation sites (tertiary alicyclic amines) is 1. The second kappa shape index (κ2) is 8.10. The molecule has 3 nitrogen and oxygen atoms in total. The maximum Gasteiger partial charge on any atom is 0.400 e. The van der Waals surface area contributed by atoms with Gasteiger partial charge in [0, 0.05) is 6.54 Å². The van der Waals surface area contributed by atoms with Crippen molar-refractivity contribution in [1.82, 2.24) is 9.88 Å². The number of hydrogen-bond acceptors (Lipinski definition) is 4. The zero-order chi connectivity index (χ0) is 20.6. The Balaban J connectivity index is 1.78. The SMILES string of the molecule is OCc1sc(C2(C(F)(F)F)CCCCC2)nc1CN1CCC(C(F)(F)F)CC1. The smallest absolute Gasteiger partial charge is 0.391 e. The topological polar surface area (TPSA) is 36.4 Å². The van der Waals surface area contributed by atoms with Crippen LogP contribution in [0.2, 0.25) is 0 Å². The minimum Gasteiger partial charge on any atom is -0.391 e. The molecule has 2 aliphatic rings. The van der Waals surface area contributed by atoms with Crippen molar-refractivity contribution < 1.29 is 31.4 Å². The predicted octanol–water partition coefficient (Wildman–Crippen LogP) is 5.17. The average molecular weight is 430 g/mol. The number of rotatable bonds is 4.